The molecule has 0 amide bonds. The summed E-state index contributed by atoms with van der Waals surface area (Å²) in [5.41, 5.74) is 4.88. The van der Waals surface area contributed by atoms with E-state index >= 15 is 0 Å². The maximum absolute atomic E-state index is 5.73. The lowest BCUT2D eigenvalue weighted by Crippen LogP contribution is -2.13. The zero-order chi connectivity index (χ0) is 16.2. The van der Waals surface area contributed by atoms with E-state index in [-0.39, 0.29) is 0 Å². The van der Waals surface area contributed by atoms with Gasteiger partial charge in [0.2, 0.25) is 0 Å². The largest absolute Gasteiger partial charge is 0.416 e. The molecule has 0 N–H and O–H groups in total. The Morgan fingerprint density at radius 3 is 2.35 bits per heavy atom. The van der Waals surface area contributed by atoms with Gasteiger partial charge in [-0.1, -0.05) is 48.5 Å². The molecule has 0 saturated heterocycles. The van der Waals surface area contributed by atoms with Crippen LogP contribution in [-0.2, 0) is 6.42 Å². The summed E-state index contributed by atoms with van der Waals surface area (Å²) in [5.74, 6) is 0. The van der Waals surface area contributed by atoms with Gasteiger partial charge in [0, 0.05) is 10.9 Å². The molecule has 3 rings (SSSR count). The van der Waals surface area contributed by atoms with Crippen LogP contribution in [0.1, 0.15) is 12.0 Å². The van der Waals surface area contributed by atoms with Gasteiger partial charge in [0.05, 0.1) is 11.2 Å². The SMILES string of the molecule is COn1c(-c2ccccc2)c(CCCN(C)C)c2ccccc21. The van der Waals surface area contributed by atoms with Gasteiger partial charge in [-0.2, -0.15) is 4.73 Å². The fraction of sp³-hybridized carbons (Fsp3) is 0.300. The molecule has 0 fully saturated rings. The number of hydrogen-bond acceptors (Lipinski definition) is 2. The first-order chi connectivity index (χ1) is 11.2. The van der Waals surface area contributed by atoms with Crippen molar-refractivity contribution in [3.05, 3.63) is 60.2 Å². The number of fused-ring (bicyclic) bond motifs is 1. The standard InChI is InChI=1S/C20H24N2O/c1-21(2)15-9-13-18-17-12-7-8-14-19(17)22(23-3)20(18)16-10-5-4-6-11-16/h4-8,10-12,14H,9,13,15H2,1-3H3. The van der Waals surface area contributed by atoms with Crippen LogP contribution in [0, 0.1) is 0 Å². The monoisotopic (exact) mass is 308 g/mol. The molecule has 3 aromatic rings. The molecule has 0 radical (unpaired) electrons. The minimum atomic E-state index is 1.04. The second-order valence-corrected chi connectivity index (χ2v) is 6.09. The van der Waals surface area contributed by atoms with Crippen LogP contribution in [-0.4, -0.2) is 37.4 Å². The molecular formula is C20H24N2O. The van der Waals surface area contributed by atoms with Crippen molar-refractivity contribution in [2.75, 3.05) is 27.7 Å². The average molecular weight is 308 g/mol. The molecule has 23 heavy (non-hydrogen) atoms. The van der Waals surface area contributed by atoms with Crippen molar-refractivity contribution in [1.82, 2.24) is 9.63 Å². The van der Waals surface area contributed by atoms with Crippen LogP contribution in [0.2, 0.25) is 0 Å². The van der Waals surface area contributed by atoms with E-state index in [2.05, 4.69) is 73.6 Å². The second-order valence-electron chi connectivity index (χ2n) is 6.09. The van der Waals surface area contributed by atoms with E-state index in [0.29, 0.717) is 0 Å². The topological polar surface area (TPSA) is 17.4 Å². The molecule has 3 heteroatoms. The summed E-state index contributed by atoms with van der Waals surface area (Å²) in [6.45, 7) is 1.08. The molecule has 0 saturated carbocycles. The normalized spacial score (nSPS) is 11.3. The number of para-hydroxylation sites is 1. The Labute approximate surface area is 138 Å². The van der Waals surface area contributed by atoms with Crippen LogP contribution in [0.5, 0.6) is 0 Å². The first kappa shape index (κ1) is 15.6. The molecule has 0 aliphatic carbocycles. The highest BCUT2D eigenvalue weighted by Crippen LogP contribution is 2.33. The maximum Gasteiger partial charge on any atom is 0.104 e. The lowest BCUT2D eigenvalue weighted by Gasteiger charge is -2.12. The average Bonchev–Trinajstić information content (AvgIpc) is 2.89. The van der Waals surface area contributed by atoms with Crippen molar-refractivity contribution >= 4 is 10.9 Å². The number of rotatable bonds is 6. The molecule has 0 atom stereocenters. The van der Waals surface area contributed by atoms with Gasteiger partial charge in [-0.3, -0.25) is 0 Å². The lowest BCUT2D eigenvalue weighted by atomic mass is 10.0. The van der Waals surface area contributed by atoms with Gasteiger partial charge >= 0.3 is 0 Å². The van der Waals surface area contributed by atoms with Crippen LogP contribution in [0.15, 0.2) is 54.6 Å². The van der Waals surface area contributed by atoms with Gasteiger partial charge in [-0.05, 0) is 45.1 Å². The quantitative estimate of drug-likeness (QED) is 0.688. The summed E-state index contributed by atoms with van der Waals surface area (Å²) in [6.07, 6.45) is 2.17. The van der Waals surface area contributed by atoms with E-state index in [4.69, 9.17) is 4.84 Å². The molecule has 1 heterocycles. The zero-order valence-corrected chi connectivity index (χ0v) is 14.1. The van der Waals surface area contributed by atoms with Gasteiger partial charge in [0.1, 0.15) is 7.11 Å². The molecule has 2 aromatic carbocycles. The van der Waals surface area contributed by atoms with Crippen molar-refractivity contribution in [1.29, 1.82) is 0 Å². The smallest absolute Gasteiger partial charge is 0.104 e. The first-order valence-electron chi connectivity index (χ1n) is 8.09. The summed E-state index contributed by atoms with van der Waals surface area (Å²) in [6, 6.07) is 19.0. The highest BCUT2D eigenvalue weighted by atomic mass is 16.6. The van der Waals surface area contributed by atoms with Gasteiger partial charge in [0.15, 0.2) is 0 Å². The Bertz CT molecular complexity index is 775. The minimum Gasteiger partial charge on any atom is -0.416 e. The van der Waals surface area contributed by atoms with Crippen molar-refractivity contribution in [2.45, 2.75) is 12.8 Å². The first-order valence-corrected chi connectivity index (χ1v) is 8.09. The number of aromatic nitrogens is 1. The number of hydrogen-bond donors (Lipinski definition) is 0. The van der Waals surface area contributed by atoms with Gasteiger partial charge in [-0.15, -0.1) is 0 Å². The van der Waals surface area contributed by atoms with Gasteiger partial charge in [0.25, 0.3) is 0 Å². The van der Waals surface area contributed by atoms with E-state index in [0.717, 1.165) is 24.9 Å². The Hall–Kier alpha value is -2.26. The lowest BCUT2D eigenvalue weighted by molar-refractivity contribution is 0.183. The van der Waals surface area contributed by atoms with Crippen LogP contribution < -0.4 is 4.84 Å². The highest BCUT2D eigenvalue weighted by molar-refractivity contribution is 5.91. The zero-order valence-electron chi connectivity index (χ0n) is 14.1. The van der Waals surface area contributed by atoms with Crippen molar-refractivity contribution in [3.8, 4) is 11.3 Å². The Balaban J connectivity index is 2.14. The molecule has 0 bridgehead atoms. The Morgan fingerprint density at radius 2 is 1.65 bits per heavy atom. The predicted molar refractivity (Wildman–Crippen MR) is 96.8 cm³/mol. The predicted octanol–water partition coefficient (Wildman–Crippen LogP) is 3.86. The van der Waals surface area contributed by atoms with E-state index in [1.54, 1.807) is 7.11 Å². The number of benzene rings is 2. The van der Waals surface area contributed by atoms with E-state index < -0.39 is 0 Å². The second kappa shape index (κ2) is 6.88. The van der Waals surface area contributed by atoms with E-state index in [1.165, 1.54) is 22.2 Å². The van der Waals surface area contributed by atoms with E-state index in [9.17, 15) is 0 Å². The van der Waals surface area contributed by atoms with E-state index in [1.807, 2.05) is 4.73 Å². The van der Waals surface area contributed by atoms with Crippen LogP contribution >= 0.6 is 0 Å². The van der Waals surface area contributed by atoms with Crippen molar-refractivity contribution in [3.63, 3.8) is 0 Å². The Morgan fingerprint density at radius 1 is 0.957 bits per heavy atom. The van der Waals surface area contributed by atoms with Crippen molar-refractivity contribution < 1.29 is 4.84 Å². The molecule has 120 valence electrons. The molecule has 0 aliphatic heterocycles. The number of nitrogens with zero attached hydrogens (tertiary/aromatic N) is 2. The molecule has 1 aromatic heterocycles. The summed E-state index contributed by atoms with van der Waals surface area (Å²) in [7, 11) is 5.98. The molecule has 0 aliphatic rings. The van der Waals surface area contributed by atoms with Crippen LogP contribution in [0.3, 0.4) is 0 Å². The third-order valence-corrected chi connectivity index (χ3v) is 4.20. The summed E-state index contributed by atoms with van der Waals surface area (Å²) < 4.78 is 1.97. The van der Waals surface area contributed by atoms with Crippen LogP contribution in [0.4, 0.5) is 0 Å². The summed E-state index contributed by atoms with van der Waals surface area (Å²) in [5, 5.41) is 1.28. The summed E-state index contributed by atoms with van der Waals surface area (Å²) >= 11 is 0. The Kier molecular flexibility index (Phi) is 4.68. The van der Waals surface area contributed by atoms with Crippen molar-refractivity contribution in [2.24, 2.45) is 0 Å². The van der Waals surface area contributed by atoms with Gasteiger partial charge in [-0.25, -0.2) is 0 Å². The third kappa shape index (κ3) is 3.10. The third-order valence-electron chi connectivity index (χ3n) is 4.20. The molecule has 0 spiro atoms. The fourth-order valence-corrected chi connectivity index (χ4v) is 3.18. The highest BCUT2D eigenvalue weighted by Gasteiger charge is 2.18. The van der Waals surface area contributed by atoms with Crippen LogP contribution in [0.25, 0.3) is 22.2 Å². The molecule has 0 unspecified atom stereocenters. The molecular weight excluding hydrogens is 284 g/mol. The fourth-order valence-electron chi connectivity index (χ4n) is 3.18. The summed E-state index contributed by atoms with van der Waals surface area (Å²) in [4.78, 5) is 7.96. The maximum atomic E-state index is 5.73. The van der Waals surface area contributed by atoms with Gasteiger partial charge < -0.3 is 9.74 Å². The number of aryl methyl sites for hydroxylation is 1. The minimum absolute atomic E-state index is 1.04. The molecule has 3 nitrogen and oxygen atoms in total.